The van der Waals surface area contributed by atoms with E-state index in [1.807, 2.05) is 11.9 Å². The first kappa shape index (κ1) is 19.7. The topological polar surface area (TPSA) is 23.6 Å². The van der Waals surface area contributed by atoms with Gasteiger partial charge in [0.1, 0.15) is 0 Å². The van der Waals surface area contributed by atoms with E-state index < -0.39 is 0 Å². The van der Waals surface area contributed by atoms with Crippen LogP contribution in [0.2, 0.25) is 0 Å². The van der Waals surface area contributed by atoms with E-state index in [0.29, 0.717) is 6.42 Å². The van der Waals surface area contributed by atoms with Crippen molar-refractivity contribution < 1.29 is 9.50 Å². The summed E-state index contributed by atoms with van der Waals surface area (Å²) in [6.07, 6.45) is 6.75. The lowest BCUT2D eigenvalue weighted by Crippen LogP contribution is -2.46. The van der Waals surface area contributed by atoms with Crippen LogP contribution in [-0.4, -0.2) is 35.6 Å². The molecule has 0 aliphatic heterocycles. The molecule has 0 aliphatic carbocycles. The molecule has 0 saturated carbocycles. The van der Waals surface area contributed by atoms with Crippen LogP contribution in [-0.2, 0) is 4.79 Å². The number of halogens is 1. The van der Waals surface area contributed by atoms with Gasteiger partial charge in [0.2, 0.25) is 5.91 Å². The SMILES string of the molecule is CCCCCCCC(=O)N(CC)N(CC)CC.F. The molecule has 0 aromatic heterocycles. The number of hydrazine groups is 1. The van der Waals surface area contributed by atoms with E-state index in [1.54, 1.807) is 0 Å². The molecule has 0 fully saturated rings. The third-order valence-corrected chi connectivity index (χ3v) is 3.15. The van der Waals surface area contributed by atoms with Crippen molar-refractivity contribution in [2.24, 2.45) is 0 Å². The van der Waals surface area contributed by atoms with Crippen LogP contribution >= 0.6 is 0 Å². The Morgan fingerprint density at radius 2 is 1.39 bits per heavy atom. The Morgan fingerprint density at radius 1 is 0.833 bits per heavy atom. The highest BCUT2D eigenvalue weighted by Crippen LogP contribution is 2.08. The molecule has 0 aliphatic rings. The van der Waals surface area contributed by atoms with Gasteiger partial charge in [0.05, 0.1) is 0 Å². The molecule has 0 N–H and O–H groups in total. The summed E-state index contributed by atoms with van der Waals surface area (Å²) in [5, 5.41) is 4.02. The second kappa shape index (κ2) is 12.8. The monoisotopic (exact) mass is 262 g/mol. The predicted octanol–water partition coefficient (Wildman–Crippen LogP) is 3.60. The summed E-state index contributed by atoms with van der Waals surface area (Å²) in [6, 6.07) is 0. The fraction of sp³-hybridized carbons (Fsp3) is 0.929. The average Bonchev–Trinajstić information content (AvgIpc) is 2.35. The minimum atomic E-state index is 0. The van der Waals surface area contributed by atoms with E-state index in [9.17, 15) is 4.79 Å². The maximum Gasteiger partial charge on any atom is 0.236 e. The quantitative estimate of drug-likeness (QED) is 0.443. The Labute approximate surface area is 112 Å². The molecule has 18 heavy (non-hydrogen) atoms. The van der Waals surface area contributed by atoms with Crippen molar-refractivity contribution in [2.45, 2.75) is 66.2 Å². The normalized spacial score (nSPS) is 10.3. The molecule has 4 heteroatoms. The largest absolute Gasteiger partial charge is 0.276 e. The number of unbranched alkanes of at least 4 members (excludes halogenated alkanes) is 4. The van der Waals surface area contributed by atoms with Gasteiger partial charge in [-0.25, -0.2) is 5.01 Å². The zero-order valence-electron chi connectivity index (χ0n) is 12.6. The number of hydrogen-bond donors (Lipinski definition) is 0. The molecule has 0 radical (unpaired) electrons. The summed E-state index contributed by atoms with van der Waals surface area (Å²) in [7, 11) is 0. The Morgan fingerprint density at radius 3 is 1.83 bits per heavy atom. The fourth-order valence-electron chi connectivity index (χ4n) is 2.11. The van der Waals surface area contributed by atoms with E-state index in [4.69, 9.17) is 0 Å². The number of carbonyl (C=O) groups is 1. The van der Waals surface area contributed by atoms with Gasteiger partial charge in [-0.05, 0) is 13.3 Å². The number of amides is 1. The van der Waals surface area contributed by atoms with E-state index in [1.165, 1.54) is 25.7 Å². The Hall–Kier alpha value is -0.640. The highest BCUT2D eigenvalue weighted by molar-refractivity contribution is 5.75. The summed E-state index contributed by atoms with van der Waals surface area (Å²) in [6.45, 7) is 11.1. The Balaban J connectivity index is 0. The van der Waals surface area contributed by atoms with Crippen molar-refractivity contribution in [3.63, 3.8) is 0 Å². The van der Waals surface area contributed by atoms with Crippen LogP contribution in [0.25, 0.3) is 0 Å². The molecule has 0 aromatic carbocycles. The predicted molar refractivity (Wildman–Crippen MR) is 76.2 cm³/mol. The Kier molecular flexibility index (Phi) is 14.0. The van der Waals surface area contributed by atoms with Crippen molar-refractivity contribution in [2.75, 3.05) is 19.6 Å². The van der Waals surface area contributed by atoms with Gasteiger partial charge >= 0.3 is 0 Å². The second-order valence-corrected chi connectivity index (χ2v) is 4.41. The summed E-state index contributed by atoms with van der Waals surface area (Å²) in [5.74, 6) is 0.285. The minimum Gasteiger partial charge on any atom is -0.276 e. The third-order valence-electron chi connectivity index (χ3n) is 3.15. The summed E-state index contributed by atoms with van der Waals surface area (Å²) in [4.78, 5) is 12.1. The first-order valence-electron chi connectivity index (χ1n) is 7.26. The minimum absolute atomic E-state index is 0. The summed E-state index contributed by atoms with van der Waals surface area (Å²) < 4.78 is 0. The molecule has 0 unspecified atom stereocenters. The third kappa shape index (κ3) is 7.64. The van der Waals surface area contributed by atoms with E-state index in [2.05, 4.69) is 25.8 Å². The van der Waals surface area contributed by atoms with Gasteiger partial charge in [0.25, 0.3) is 0 Å². The van der Waals surface area contributed by atoms with Gasteiger partial charge in [-0.15, -0.1) is 0 Å². The maximum atomic E-state index is 12.1. The number of carbonyl (C=O) groups excluding carboxylic acids is 1. The molecule has 1 amide bonds. The van der Waals surface area contributed by atoms with Crippen LogP contribution < -0.4 is 0 Å². The van der Waals surface area contributed by atoms with Crippen LogP contribution in [0.5, 0.6) is 0 Å². The fourth-order valence-corrected chi connectivity index (χ4v) is 2.11. The maximum absolute atomic E-state index is 12.1. The first-order chi connectivity index (χ1) is 8.21. The molecule has 0 spiro atoms. The highest BCUT2D eigenvalue weighted by Gasteiger charge is 2.16. The van der Waals surface area contributed by atoms with Crippen LogP contribution in [0.4, 0.5) is 4.70 Å². The van der Waals surface area contributed by atoms with E-state index >= 15 is 0 Å². The van der Waals surface area contributed by atoms with Gasteiger partial charge in [-0.1, -0.05) is 46.5 Å². The van der Waals surface area contributed by atoms with Crippen LogP contribution in [0, 0.1) is 0 Å². The van der Waals surface area contributed by atoms with Crippen LogP contribution in [0.3, 0.4) is 0 Å². The lowest BCUT2D eigenvalue weighted by atomic mass is 10.1. The molecular weight excluding hydrogens is 231 g/mol. The van der Waals surface area contributed by atoms with E-state index in [0.717, 1.165) is 26.1 Å². The van der Waals surface area contributed by atoms with Crippen molar-refractivity contribution >= 4 is 5.91 Å². The van der Waals surface area contributed by atoms with Crippen molar-refractivity contribution in [1.29, 1.82) is 0 Å². The average molecular weight is 262 g/mol. The summed E-state index contributed by atoms with van der Waals surface area (Å²) >= 11 is 0. The van der Waals surface area contributed by atoms with Gasteiger partial charge < -0.3 is 0 Å². The van der Waals surface area contributed by atoms with Crippen molar-refractivity contribution in [1.82, 2.24) is 10.0 Å². The zero-order chi connectivity index (χ0) is 13.1. The molecule has 0 rings (SSSR count). The molecule has 0 saturated heterocycles. The molecule has 3 nitrogen and oxygen atoms in total. The van der Waals surface area contributed by atoms with Crippen LogP contribution in [0.15, 0.2) is 0 Å². The lowest BCUT2D eigenvalue weighted by molar-refractivity contribution is -0.148. The molecular formula is C14H31FN2O. The zero-order valence-corrected chi connectivity index (χ0v) is 12.6. The number of rotatable bonds is 10. The number of nitrogens with zero attached hydrogens (tertiary/aromatic N) is 2. The van der Waals surface area contributed by atoms with Gasteiger partial charge in [0.15, 0.2) is 0 Å². The van der Waals surface area contributed by atoms with Gasteiger partial charge in [-0.3, -0.25) is 14.5 Å². The van der Waals surface area contributed by atoms with Crippen molar-refractivity contribution in [3.05, 3.63) is 0 Å². The van der Waals surface area contributed by atoms with Gasteiger partial charge in [0, 0.05) is 26.1 Å². The molecule has 0 bridgehead atoms. The second-order valence-electron chi connectivity index (χ2n) is 4.41. The number of hydrogen-bond acceptors (Lipinski definition) is 2. The molecule has 0 heterocycles. The highest BCUT2D eigenvalue weighted by atomic mass is 19.0. The van der Waals surface area contributed by atoms with Crippen LogP contribution in [0.1, 0.15) is 66.2 Å². The summed E-state index contributed by atoms with van der Waals surface area (Å²) in [5.41, 5.74) is 0. The Bertz CT molecular complexity index is 196. The first-order valence-corrected chi connectivity index (χ1v) is 7.26. The lowest BCUT2D eigenvalue weighted by Gasteiger charge is -2.32. The standard InChI is InChI=1S/C14H30N2O.FH/c1-5-9-10-11-12-13-14(17)16(8-4)15(6-2)7-3;/h5-13H2,1-4H3;1H. The molecule has 0 aromatic rings. The van der Waals surface area contributed by atoms with E-state index in [-0.39, 0.29) is 10.6 Å². The molecule has 110 valence electrons. The van der Waals surface area contributed by atoms with Crippen molar-refractivity contribution in [3.8, 4) is 0 Å². The molecule has 0 atom stereocenters. The van der Waals surface area contributed by atoms with Gasteiger partial charge in [-0.2, -0.15) is 0 Å². The smallest absolute Gasteiger partial charge is 0.236 e.